The van der Waals surface area contributed by atoms with Crippen molar-refractivity contribution in [1.29, 1.82) is 0 Å². The van der Waals surface area contributed by atoms with E-state index in [1.165, 1.54) is 12.1 Å². The second kappa shape index (κ2) is 9.37. The summed E-state index contributed by atoms with van der Waals surface area (Å²) < 4.78 is 27.2. The van der Waals surface area contributed by atoms with Gasteiger partial charge in [-0.3, -0.25) is 4.79 Å². The first-order valence-electron chi connectivity index (χ1n) is 7.86. The van der Waals surface area contributed by atoms with E-state index >= 15 is 0 Å². The van der Waals surface area contributed by atoms with Crippen LogP contribution in [0.5, 0.6) is 0 Å². The van der Waals surface area contributed by atoms with Crippen molar-refractivity contribution < 1.29 is 13.2 Å². The van der Waals surface area contributed by atoms with E-state index in [-0.39, 0.29) is 23.1 Å². The van der Waals surface area contributed by atoms with Gasteiger partial charge in [0, 0.05) is 18.5 Å². The fraction of sp³-hybridized carbons (Fsp3) is 0.562. The Morgan fingerprint density at radius 3 is 2.83 bits per heavy atom. The van der Waals surface area contributed by atoms with Crippen molar-refractivity contribution in [3.05, 3.63) is 29.8 Å². The highest BCUT2D eigenvalue weighted by Gasteiger charge is 2.17. The second-order valence-electron chi connectivity index (χ2n) is 5.70. The summed E-state index contributed by atoms with van der Waals surface area (Å²) in [6, 6.07) is 6.24. The Labute approximate surface area is 144 Å². The summed E-state index contributed by atoms with van der Waals surface area (Å²) in [6.07, 6.45) is 3.50. The molecule has 1 atom stereocenters. The third-order valence-electron chi connectivity index (χ3n) is 4.03. The number of ketones is 1. The molecule has 23 heavy (non-hydrogen) atoms. The van der Waals surface area contributed by atoms with E-state index in [9.17, 15) is 13.2 Å². The highest BCUT2D eigenvalue weighted by molar-refractivity contribution is 7.89. The standard InChI is InChI=1S/C16H24N2O3S.ClH/c1-2-16(19)14-6-3-7-15(11-14)22(20,21)18-10-8-13-5-4-9-17-12-13;/h3,6-7,11,13,17-18H,2,4-5,8-10,12H2,1H3;1H. The quantitative estimate of drug-likeness (QED) is 0.732. The first-order valence-corrected chi connectivity index (χ1v) is 9.35. The Bertz CT molecular complexity index is 614. The molecule has 1 aromatic rings. The van der Waals surface area contributed by atoms with Gasteiger partial charge in [-0.2, -0.15) is 0 Å². The Kier molecular flexibility index (Phi) is 8.19. The molecule has 0 amide bonds. The molecule has 0 saturated carbocycles. The van der Waals surface area contributed by atoms with E-state index in [0.29, 0.717) is 24.4 Å². The summed E-state index contributed by atoms with van der Waals surface area (Å²) >= 11 is 0. The van der Waals surface area contributed by atoms with Gasteiger partial charge in [-0.05, 0) is 50.4 Å². The number of piperidine rings is 1. The average Bonchev–Trinajstić information content (AvgIpc) is 2.55. The van der Waals surface area contributed by atoms with Gasteiger partial charge in [-0.1, -0.05) is 19.1 Å². The van der Waals surface area contributed by atoms with Crippen molar-refractivity contribution in [2.75, 3.05) is 19.6 Å². The number of rotatable bonds is 7. The maximum atomic E-state index is 12.3. The van der Waals surface area contributed by atoms with E-state index in [2.05, 4.69) is 10.0 Å². The number of hydrogen-bond acceptors (Lipinski definition) is 4. The molecule has 1 aromatic carbocycles. The smallest absolute Gasteiger partial charge is 0.240 e. The molecule has 1 aliphatic heterocycles. The van der Waals surface area contributed by atoms with Gasteiger partial charge in [-0.25, -0.2) is 13.1 Å². The normalized spacial score (nSPS) is 18.2. The zero-order valence-electron chi connectivity index (χ0n) is 13.4. The Balaban J connectivity index is 0.00000264. The lowest BCUT2D eigenvalue weighted by atomic mass is 9.96. The molecule has 1 heterocycles. The minimum atomic E-state index is -3.55. The van der Waals surface area contributed by atoms with E-state index in [0.717, 1.165) is 32.4 Å². The molecule has 0 radical (unpaired) electrons. The molecular weight excluding hydrogens is 336 g/mol. The van der Waals surface area contributed by atoms with Crippen LogP contribution in [-0.4, -0.2) is 33.8 Å². The SMILES string of the molecule is CCC(=O)c1cccc(S(=O)(=O)NCCC2CCCNC2)c1.Cl. The van der Waals surface area contributed by atoms with Crippen LogP contribution in [0.4, 0.5) is 0 Å². The largest absolute Gasteiger partial charge is 0.316 e. The lowest BCUT2D eigenvalue weighted by molar-refractivity contribution is 0.0988. The molecular formula is C16H25ClN2O3S. The first kappa shape index (κ1) is 20.1. The molecule has 1 saturated heterocycles. The number of carbonyl (C=O) groups is 1. The zero-order valence-corrected chi connectivity index (χ0v) is 15.0. The van der Waals surface area contributed by atoms with Crippen LogP contribution >= 0.6 is 12.4 Å². The molecule has 1 unspecified atom stereocenters. The maximum absolute atomic E-state index is 12.3. The van der Waals surface area contributed by atoms with Crippen LogP contribution in [0.2, 0.25) is 0 Å². The molecule has 5 nitrogen and oxygen atoms in total. The second-order valence-corrected chi connectivity index (χ2v) is 7.47. The number of sulfonamides is 1. The third kappa shape index (κ3) is 5.88. The number of nitrogens with one attached hydrogen (secondary N) is 2. The minimum absolute atomic E-state index is 0. The average molecular weight is 361 g/mol. The van der Waals surface area contributed by atoms with E-state index in [1.54, 1.807) is 19.1 Å². The van der Waals surface area contributed by atoms with Crippen LogP contribution in [0.1, 0.15) is 43.0 Å². The van der Waals surface area contributed by atoms with Gasteiger partial charge in [0.25, 0.3) is 0 Å². The number of Topliss-reactive ketones (excluding diaryl/α,β-unsaturated/α-hetero) is 1. The molecule has 2 N–H and O–H groups in total. The van der Waals surface area contributed by atoms with Crippen LogP contribution in [0.25, 0.3) is 0 Å². The predicted molar refractivity (Wildman–Crippen MR) is 93.7 cm³/mol. The summed E-state index contributed by atoms with van der Waals surface area (Å²) in [7, 11) is -3.55. The molecule has 0 aliphatic carbocycles. The van der Waals surface area contributed by atoms with Crippen molar-refractivity contribution in [2.24, 2.45) is 5.92 Å². The van der Waals surface area contributed by atoms with Crippen LogP contribution < -0.4 is 10.0 Å². The zero-order chi connectivity index (χ0) is 16.0. The summed E-state index contributed by atoms with van der Waals surface area (Å²) in [6.45, 7) is 4.21. The van der Waals surface area contributed by atoms with Crippen molar-refractivity contribution >= 4 is 28.2 Å². The fourth-order valence-electron chi connectivity index (χ4n) is 2.69. The summed E-state index contributed by atoms with van der Waals surface area (Å²) in [4.78, 5) is 11.9. The van der Waals surface area contributed by atoms with Crippen molar-refractivity contribution in [2.45, 2.75) is 37.5 Å². The number of carbonyl (C=O) groups excluding carboxylic acids is 1. The first-order chi connectivity index (χ1) is 10.5. The van der Waals surface area contributed by atoms with E-state index < -0.39 is 10.0 Å². The maximum Gasteiger partial charge on any atom is 0.240 e. The van der Waals surface area contributed by atoms with Crippen LogP contribution in [0, 0.1) is 5.92 Å². The lowest BCUT2D eigenvalue weighted by Gasteiger charge is -2.22. The predicted octanol–water partition coefficient (Wildman–Crippen LogP) is 2.37. The molecule has 7 heteroatoms. The van der Waals surface area contributed by atoms with Crippen molar-refractivity contribution in [1.82, 2.24) is 10.0 Å². The summed E-state index contributed by atoms with van der Waals surface area (Å²) in [5.41, 5.74) is 0.446. The van der Waals surface area contributed by atoms with Gasteiger partial charge >= 0.3 is 0 Å². The van der Waals surface area contributed by atoms with Crippen LogP contribution in [0.3, 0.4) is 0 Å². The minimum Gasteiger partial charge on any atom is -0.316 e. The molecule has 0 aromatic heterocycles. The monoisotopic (exact) mass is 360 g/mol. The van der Waals surface area contributed by atoms with Gasteiger partial charge in [0.05, 0.1) is 4.90 Å². The highest BCUT2D eigenvalue weighted by atomic mass is 35.5. The van der Waals surface area contributed by atoms with Crippen molar-refractivity contribution in [3.63, 3.8) is 0 Å². The van der Waals surface area contributed by atoms with Crippen LogP contribution in [0.15, 0.2) is 29.2 Å². The number of hydrogen-bond donors (Lipinski definition) is 2. The Morgan fingerprint density at radius 2 is 2.17 bits per heavy atom. The molecule has 130 valence electrons. The molecule has 1 fully saturated rings. The van der Waals surface area contributed by atoms with Gasteiger partial charge < -0.3 is 5.32 Å². The third-order valence-corrected chi connectivity index (χ3v) is 5.49. The summed E-state index contributed by atoms with van der Waals surface area (Å²) in [5.74, 6) is 0.481. The molecule has 2 rings (SSSR count). The van der Waals surface area contributed by atoms with Gasteiger partial charge in [-0.15, -0.1) is 12.4 Å². The number of halogens is 1. The molecule has 0 spiro atoms. The molecule has 0 bridgehead atoms. The number of benzene rings is 1. The van der Waals surface area contributed by atoms with E-state index in [1.807, 2.05) is 0 Å². The summed E-state index contributed by atoms with van der Waals surface area (Å²) in [5, 5.41) is 3.33. The van der Waals surface area contributed by atoms with Crippen LogP contribution in [-0.2, 0) is 10.0 Å². The van der Waals surface area contributed by atoms with Gasteiger partial charge in [0.15, 0.2) is 5.78 Å². The highest BCUT2D eigenvalue weighted by Crippen LogP contribution is 2.15. The van der Waals surface area contributed by atoms with Gasteiger partial charge in [0.2, 0.25) is 10.0 Å². The topological polar surface area (TPSA) is 75.3 Å². The Hall–Kier alpha value is -0.950. The van der Waals surface area contributed by atoms with Gasteiger partial charge in [0.1, 0.15) is 0 Å². The Morgan fingerprint density at radius 1 is 1.39 bits per heavy atom. The van der Waals surface area contributed by atoms with E-state index in [4.69, 9.17) is 0 Å². The van der Waals surface area contributed by atoms with Crippen molar-refractivity contribution in [3.8, 4) is 0 Å². The molecule has 1 aliphatic rings. The fourth-order valence-corrected chi connectivity index (χ4v) is 3.79. The lowest BCUT2D eigenvalue weighted by Crippen LogP contribution is -2.33.